The molecule has 0 fully saturated rings. The highest BCUT2D eigenvalue weighted by Crippen LogP contribution is 2.40. The maximum absolute atomic E-state index is 12.2. The Bertz CT molecular complexity index is 1050. The molecule has 0 bridgehead atoms. The monoisotopic (exact) mass is 417 g/mol. The van der Waals surface area contributed by atoms with Crippen LogP contribution in [0.5, 0.6) is 0 Å². The number of aryl methyl sites for hydroxylation is 1. The van der Waals surface area contributed by atoms with Gasteiger partial charge in [-0.05, 0) is 24.6 Å². The average molecular weight is 418 g/mol. The van der Waals surface area contributed by atoms with Gasteiger partial charge in [0.2, 0.25) is 6.41 Å². The Morgan fingerprint density at radius 3 is 2.57 bits per heavy atom. The number of pyridine rings is 2. The number of aromatic nitrogens is 2. The summed E-state index contributed by atoms with van der Waals surface area (Å²) in [4.78, 5) is 35.5. The van der Waals surface area contributed by atoms with Crippen molar-refractivity contribution in [2.45, 2.75) is 6.92 Å². The molecular weight excluding hydrogens is 401 g/mol. The Labute approximate surface area is 171 Å². The van der Waals surface area contributed by atoms with Crippen molar-refractivity contribution in [3.63, 3.8) is 0 Å². The van der Waals surface area contributed by atoms with Crippen LogP contribution in [0.15, 0.2) is 36.7 Å². The lowest BCUT2D eigenvalue weighted by Crippen LogP contribution is -2.35. The van der Waals surface area contributed by atoms with E-state index in [2.05, 4.69) is 15.3 Å². The number of halogens is 2. The summed E-state index contributed by atoms with van der Waals surface area (Å²) in [5.74, 6) is 0. The standard InChI is InChI=1S/C19H17Cl2N5O2/c1-11-9-24-15-12(16(11)25(3)19(28)22-2)5-4-6-14(15)26(10-27)17-13(20)7-8-23-18(17)21/h4-10H,1-3H3,(H,22,28). The first kappa shape index (κ1) is 19.9. The molecule has 1 aromatic carbocycles. The first-order chi connectivity index (χ1) is 13.4. The molecule has 144 valence electrons. The van der Waals surface area contributed by atoms with Crippen LogP contribution in [-0.2, 0) is 4.79 Å². The van der Waals surface area contributed by atoms with Crippen LogP contribution in [0.2, 0.25) is 10.2 Å². The van der Waals surface area contributed by atoms with Gasteiger partial charge < -0.3 is 5.32 Å². The first-order valence-corrected chi connectivity index (χ1v) is 9.04. The predicted octanol–water partition coefficient (Wildman–Crippen LogP) is 4.32. The minimum atomic E-state index is -0.272. The Morgan fingerprint density at radius 2 is 1.93 bits per heavy atom. The molecule has 2 heterocycles. The molecule has 0 radical (unpaired) electrons. The third kappa shape index (κ3) is 3.34. The summed E-state index contributed by atoms with van der Waals surface area (Å²) in [6, 6.07) is 6.61. The second kappa shape index (κ2) is 8.00. The van der Waals surface area contributed by atoms with E-state index in [-0.39, 0.29) is 21.9 Å². The van der Waals surface area contributed by atoms with Crippen LogP contribution in [0.4, 0.5) is 21.9 Å². The fourth-order valence-corrected chi connectivity index (χ4v) is 3.59. The number of hydrogen-bond acceptors (Lipinski definition) is 4. The van der Waals surface area contributed by atoms with Gasteiger partial charge in [-0.25, -0.2) is 9.78 Å². The van der Waals surface area contributed by atoms with Crippen LogP contribution in [0.1, 0.15) is 5.56 Å². The number of rotatable bonds is 4. The quantitative estimate of drug-likeness (QED) is 0.506. The van der Waals surface area contributed by atoms with E-state index in [0.29, 0.717) is 28.7 Å². The van der Waals surface area contributed by atoms with Crippen LogP contribution in [0, 0.1) is 6.92 Å². The number of nitrogens with zero attached hydrogens (tertiary/aromatic N) is 4. The average Bonchev–Trinajstić information content (AvgIpc) is 2.69. The molecule has 9 heteroatoms. The largest absolute Gasteiger partial charge is 0.341 e. The summed E-state index contributed by atoms with van der Waals surface area (Å²) in [5, 5.41) is 3.67. The molecule has 7 nitrogen and oxygen atoms in total. The van der Waals surface area contributed by atoms with Gasteiger partial charge in [-0.3, -0.25) is 19.6 Å². The number of anilines is 3. The fraction of sp³-hybridized carbons (Fsp3) is 0.158. The van der Waals surface area contributed by atoms with Crippen molar-refractivity contribution in [2.24, 2.45) is 0 Å². The minimum Gasteiger partial charge on any atom is -0.341 e. The highest BCUT2D eigenvalue weighted by molar-refractivity contribution is 6.39. The summed E-state index contributed by atoms with van der Waals surface area (Å²) >= 11 is 12.5. The van der Waals surface area contributed by atoms with E-state index in [1.165, 1.54) is 16.0 Å². The van der Waals surface area contributed by atoms with Crippen molar-refractivity contribution in [3.8, 4) is 0 Å². The lowest BCUT2D eigenvalue weighted by molar-refractivity contribution is -0.106. The highest BCUT2D eigenvalue weighted by Gasteiger charge is 2.22. The lowest BCUT2D eigenvalue weighted by Gasteiger charge is -2.24. The SMILES string of the molecule is CNC(=O)N(C)c1c(C)cnc2c(N(C=O)c3c(Cl)ccnc3Cl)cccc12. The van der Waals surface area contributed by atoms with Crippen molar-refractivity contribution in [3.05, 3.63) is 52.4 Å². The molecule has 0 spiro atoms. The molecule has 0 saturated heterocycles. The van der Waals surface area contributed by atoms with Gasteiger partial charge in [0.05, 0.1) is 21.9 Å². The van der Waals surface area contributed by atoms with Gasteiger partial charge in [0, 0.05) is 31.9 Å². The smallest absolute Gasteiger partial charge is 0.321 e. The number of carbonyl (C=O) groups excluding carboxylic acids is 2. The van der Waals surface area contributed by atoms with E-state index in [1.54, 1.807) is 38.5 Å². The second-order valence-corrected chi connectivity index (χ2v) is 6.75. The van der Waals surface area contributed by atoms with E-state index >= 15 is 0 Å². The van der Waals surface area contributed by atoms with E-state index < -0.39 is 0 Å². The van der Waals surface area contributed by atoms with Crippen molar-refractivity contribution < 1.29 is 9.59 Å². The third-order valence-electron chi connectivity index (χ3n) is 4.32. The van der Waals surface area contributed by atoms with Crippen LogP contribution < -0.4 is 15.1 Å². The summed E-state index contributed by atoms with van der Waals surface area (Å²) in [7, 11) is 3.23. The molecule has 0 atom stereocenters. The first-order valence-electron chi connectivity index (χ1n) is 8.29. The number of fused-ring (bicyclic) bond motifs is 1. The maximum atomic E-state index is 12.2. The van der Waals surface area contributed by atoms with Gasteiger partial charge in [0.25, 0.3) is 0 Å². The Morgan fingerprint density at radius 1 is 1.18 bits per heavy atom. The van der Waals surface area contributed by atoms with Crippen molar-refractivity contribution in [1.29, 1.82) is 0 Å². The van der Waals surface area contributed by atoms with Gasteiger partial charge >= 0.3 is 6.03 Å². The van der Waals surface area contributed by atoms with Gasteiger partial charge in [-0.2, -0.15) is 0 Å². The van der Waals surface area contributed by atoms with Gasteiger partial charge in [0.1, 0.15) is 5.69 Å². The highest BCUT2D eigenvalue weighted by atomic mass is 35.5. The van der Waals surface area contributed by atoms with Gasteiger partial charge in [-0.1, -0.05) is 35.3 Å². The van der Waals surface area contributed by atoms with E-state index in [1.807, 2.05) is 13.0 Å². The van der Waals surface area contributed by atoms with Crippen molar-refractivity contribution in [1.82, 2.24) is 15.3 Å². The third-order valence-corrected chi connectivity index (χ3v) is 4.90. The second-order valence-electron chi connectivity index (χ2n) is 5.98. The summed E-state index contributed by atoms with van der Waals surface area (Å²) < 4.78 is 0. The van der Waals surface area contributed by atoms with Crippen molar-refractivity contribution >= 4 is 63.6 Å². The van der Waals surface area contributed by atoms with Crippen LogP contribution in [-0.4, -0.2) is 36.5 Å². The van der Waals surface area contributed by atoms with Gasteiger partial charge in [-0.15, -0.1) is 0 Å². The number of benzene rings is 1. The Kier molecular flexibility index (Phi) is 5.67. The molecule has 3 aromatic rings. The fourth-order valence-electron chi connectivity index (χ4n) is 3.05. The number of hydrogen-bond donors (Lipinski definition) is 1. The summed E-state index contributed by atoms with van der Waals surface area (Å²) in [5.41, 5.74) is 2.74. The van der Waals surface area contributed by atoms with E-state index in [0.717, 1.165) is 5.56 Å². The molecule has 28 heavy (non-hydrogen) atoms. The lowest BCUT2D eigenvalue weighted by atomic mass is 10.1. The zero-order valence-corrected chi connectivity index (χ0v) is 16.9. The number of urea groups is 1. The summed E-state index contributed by atoms with van der Waals surface area (Å²) in [6.45, 7) is 1.86. The van der Waals surface area contributed by atoms with E-state index in [4.69, 9.17) is 23.2 Å². The zero-order valence-electron chi connectivity index (χ0n) is 15.4. The topological polar surface area (TPSA) is 78.4 Å². The predicted molar refractivity (Wildman–Crippen MR) is 112 cm³/mol. The van der Waals surface area contributed by atoms with Crippen molar-refractivity contribution in [2.75, 3.05) is 23.9 Å². The molecule has 0 unspecified atom stereocenters. The summed E-state index contributed by atoms with van der Waals surface area (Å²) in [6.07, 6.45) is 3.71. The molecule has 3 amide bonds. The zero-order chi connectivity index (χ0) is 20.4. The minimum absolute atomic E-state index is 0.0893. The van der Waals surface area contributed by atoms with Crippen LogP contribution in [0.25, 0.3) is 10.9 Å². The van der Waals surface area contributed by atoms with Crippen LogP contribution in [0.3, 0.4) is 0 Å². The molecule has 0 aliphatic carbocycles. The molecule has 3 rings (SSSR count). The van der Waals surface area contributed by atoms with E-state index in [9.17, 15) is 9.59 Å². The number of carbonyl (C=O) groups is 2. The molecule has 0 saturated carbocycles. The molecule has 1 N–H and O–H groups in total. The molecule has 0 aliphatic rings. The van der Waals surface area contributed by atoms with Gasteiger partial charge in [0.15, 0.2) is 5.15 Å². The molecule has 0 aliphatic heterocycles. The molecular formula is C19H17Cl2N5O2. The number of nitrogens with one attached hydrogen (secondary N) is 1. The maximum Gasteiger partial charge on any atom is 0.321 e. The number of amides is 3. The number of para-hydroxylation sites is 1. The Hall–Kier alpha value is -2.90. The van der Waals surface area contributed by atoms with Crippen LogP contribution >= 0.6 is 23.2 Å². The normalized spacial score (nSPS) is 10.6. The Balaban J connectivity index is 2.29. The molecule has 2 aromatic heterocycles.